The molecule has 0 aromatic heterocycles. The molecule has 3 aliphatic rings. The Morgan fingerprint density at radius 2 is 1.62 bits per heavy atom. The molecule has 1 N–H and O–H groups in total. The Labute approximate surface area is 247 Å². The summed E-state index contributed by atoms with van der Waals surface area (Å²) in [5, 5.41) is 11.5. The summed E-state index contributed by atoms with van der Waals surface area (Å²) in [5.41, 5.74) is 8.32. The molecule has 3 atom stereocenters. The number of fused-ring (bicyclic) bond motifs is 7. The van der Waals surface area contributed by atoms with Crippen molar-refractivity contribution in [2.75, 3.05) is 35.0 Å². The van der Waals surface area contributed by atoms with Crippen molar-refractivity contribution in [1.29, 1.82) is 0 Å². The molecular weight excluding hydrogens is 532 g/mol. The van der Waals surface area contributed by atoms with Gasteiger partial charge in [0.05, 0.1) is 52.7 Å². The maximum atomic E-state index is 14.5. The summed E-state index contributed by atoms with van der Waals surface area (Å²) in [6.45, 7) is 6.67. The molecule has 3 aromatic carbocycles. The number of benzene rings is 3. The molecule has 0 radical (unpaired) electrons. The minimum Gasteiger partial charge on any atom is -0.504 e. The van der Waals surface area contributed by atoms with Crippen LogP contribution in [0.15, 0.2) is 42.1 Å². The number of ether oxygens (including phenoxy) is 4. The number of phenolic OH excluding ortho intramolecular Hbond substituents is 1. The van der Waals surface area contributed by atoms with Crippen LogP contribution in [0.3, 0.4) is 0 Å². The van der Waals surface area contributed by atoms with Gasteiger partial charge in [0, 0.05) is 16.8 Å². The van der Waals surface area contributed by atoms with Crippen molar-refractivity contribution in [3.8, 4) is 23.0 Å². The Bertz CT molecular complexity index is 1600. The lowest BCUT2D eigenvalue weighted by atomic mass is 9.77. The van der Waals surface area contributed by atoms with Crippen LogP contribution in [-0.4, -0.2) is 61.8 Å². The summed E-state index contributed by atoms with van der Waals surface area (Å²) in [5.74, 6) is 1.85. The number of aryl methyl sites for hydroxylation is 1. The molecule has 0 unspecified atom stereocenters. The average Bonchev–Trinajstić information content (AvgIpc) is 2.98. The third kappa shape index (κ3) is 4.07. The van der Waals surface area contributed by atoms with Crippen LogP contribution in [0.4, 0.5) is 0 Å². The number of hydrogen-bond donors (Lipinski definition) is 1. The third-order valence-electron chi connectivity index (χ3n) is 9.22. The minimum atomic E-state index is -0.464. The highest BCUT2D eigenvalue weighted by atomic mass is 16.5. The molecule has 8 nitrogen and oxygen atoms in total. The van der Waals surface area contributed by atoms with Gasteiger partial charge in [-0.15, -0.1) is 0 Å². The second kappa shape index (κ2) is 10.7. The molecule has 220 valence electrons. The van der Waals surface area contributed by atoms with Gasteiger partial charge in [0.15, 0.2) is 23.0 Å². The van der Waals surface area contributed by atoms with Gasteiger partial charge < -0.3 is 29.0 Å². The Kier molecular flexibility index (Phi) is 7.15. The van der Waals surface area contributed by atoms with E-state index in [-0.39, 0.29) is 24.3 Å². The Morgan fingerprint density at radius 1 is 0.929 bits per heavy atom. The Morgan fingerprint density at radius 3 is 2.29 bits per heavy atom. The van der Waals surface area contributed by atoms with E-state index < -0.39 is 12.1 Å². The zero-order valence-electron chi connectivity index (χ0n) is 25.3. The van der Waals surface area contributed by atoms with Crippen LogP contribution in [-0.2, 0) is 22.6 Å². The fourth-order valence-electron chi connectivity index (χ4n) is 7.10. The second-order valence-electron chi connectivity index (χ2n) is 11.4. The highest BCUT2D eigenvalue weighted by Crippen LogP contribution is 2.56. The van der Waals surface area contributed by atoms with E-state index in [1.165, 1.54) is 0 Å². The van der Waals surface area contributed by atoms with Crippen LogP contribution >= 0.6 is 0 Å². The summed E-state index contributed by atoms with van der Waals surface area (Å²) < 4.78 is 23.8. The minimum absolute atomic E-state index is 0.00294. The smallest absolute Gasteiger partial charge is 0.245 e. The molecule has 0 saturated carbocycles. The maximum absolute atomic E-state index is 14.5. The fraction of sp³-hybridized carbons (Fsp3) is 0.382. The van der Waals surface area contributed by atoms with Crippen LogP contribution in [0.2, 0.25) is 0 Å². The van der Waals surface area contributed by atoms with Gasteiger partial charge in [-0.25, -0.2) is 0 Å². The molecule has 1 amide bonds. The van der Waals surface area contributed by atoms with E-state index in [0.717, 1.165) is 50.2 Å². The topological polar surface area (TPSA) is 80.7 Å². The zero-order valence-corrected chi connectivity index (χ0v) is 25.3. The van der Waals surface area contributed by atoms with Crippen LogP contribution in [0.25, 0.3) is 6.08 Å². The van der Waals surface area contributed by atoms with Crippen LogP contribution in [0.1, 0.15) is 56.6 Å². The zero-order chi connectivity index (χ0) is 29.9. The van der Waals surface area contributed by atoms with E-state index in [4.69, 9.17) is 18.9 Å². The SMILES string of the molecule is COc1c(C)cc2c(c1O)[C@@H]1C3=Cc4c(C)c(C)c(OC)c(OC)c4[C@H](COCc4ccccc4)N3C(=O)[C@H](C2)N1C. The number of carbonyl (C=O) groups excluding carboxylic acids is 1. The molecule has 8 heteroatoms. The van der Waals surface area contributed by atoms with Crippen molar-refractivity contribution >= 4 is 12.0 Å². The first-order chi connectivity index (χ1) is 20.2. The third-order valence-corrected chi connectivity index (χ3v) is 9.22. The average molecular weight is 571 g/mol. The molecule has 0 spiro atoms. The number of hydrogen-bond acceptors (Lipinski definition) is 7. The lowest BCUT2D eigenvalue weighted by Gasteiger charge is -2.53. The van der Waals surface area contributed by atoms with E-state index in [1.54, 1.807) is 21.3 Å². The van der Waals surface area contributed by atoms with Crippen LogP contribution < -0.4 is 14.2 Å². The predicted octanol–water partition coefficient (Wildman–Crippen LogP) is 5.40. The van der Waals surface area contributed by atoms with Crippen LogP contribution in [0.5, 0.6) is 23.0 Å². The Hall–Kier alpha value is -4.01. The highest BCUT2D eigenvalue weighted by molar-refractivity contribution is 5.91. The van der Waals surface area contributed by atoms with Crippen molar-refractivity contribution in [3.63, 3.8) is 0 Å². The van der Waals surface area contributed by atoms with E-state index in [2.05, 4.69) is 17.9 Å². The molecule has 3 aliphatic heterocycles. The summed E-state index contributed by atoms with van der Waals surface area (Å²) in [6.07, 6.45) is 2.57. The molecule has 3 aromatic rings. The van der Waals surface area contributed by atoms with Gasteiger partial charge in [-0.05, 0) is 73.7 Å². The number of nitrogens with zero attached hydrogens (tertiary/aromatic N) is 2. The van der Waals surface area contributed by atoms with Crippen molar-refractivity contribution < 1.29 is 28.8 Å². The lowest BCUT2D eigenvalue weighted by molar-refractivity contribution is -0.145. The first-order valence-corrected chi connectivity index (χ1v) is 14.3. The van der Waals surface area contributed by atoms with Gasteiger partial charge in [-0.1, -0.05) is 36.4 Å². The van der Waals surface area contributed by atoms with Crippen molar-refractivity contribution in [2.24, 2.45) is 0 Å². The van der Waals surface area contributed by atoms with Gasteiger partial charge in [0.25, 0.3) is 0 Å². The van der Waals surface area contributed by atoms with Gasteiger partial charge in [0.1, 0.15) is 0 Å². The number of piperazine rings is 1. The first-order valence-electron chi connectivity index (χ1n) is 14.3. The van der Waals surface area contributed by atoms with Crippen LogP contribution in [0, 0.1) is 20.8 Å². The molecule has 6 rings (SSSR count). The fourth-order valence-corrected chi connectivity index (χ4v) is 7.10. The first kappa shape index (κ1) is 28.1. The van der Waals surface area contributed by atoms with Crippen molar-refractivity contribution in [3.05, 3.63) is 86.6 Å². The van der Waals surface area contributed by atoms with E-state index in [9.17, 15) is 9.90 Å². The molecule has 1 saturated heterocycles. The summed E-state index contributed by atoms with van der Waals surface area (Å²) in [7, 11) is 6.81. The predicted molar refractivity (Wildman–Crippen MR) is 160 cm³/mol. The molecule has 1 fully saturated rings. The summed E-state index contributed by atoms with van der Waals surface area (Å²) in [4.78, 5) is 18.4. The largest absolute Gasteiger partial charge is 0.504 e. The monoisotopic (exact) mass is 570 g/mol. The van der Waals surface area contributed by atoms with Crippen molar-refractivity contribution in [2.45, 2.75) is 51.9 Å². The van der Waals surface area contributed by atoms with E-state index in [0.29, 0.717) is 30.3 Å². The molecular formula is C34H38N2O6. The molecule has 2 bridgehead atoms. The van der Waals surface area contributed by atoms with E-state index >= 15 is 0 Å². The Balaban J connectivity index is 1.57. The summed E-state index contributed by atoms with van der Waals surface area (Å²) in [6, 6.07) is 10.8. The highest BCUT2D eigenvalue weighted by Gasteiger charge is 2.52. The number of amides is 1. The maximum Gasteiger partial charge on any atom is 0.245 e. The molecule has 42 heavy (non-hydrogen) atoms. The van der Waals surface area contributed by atoms with Gasteiger partial charge in [-0.2, -0.15) is 0 Å². The number of rotatable bonds is 7. The van der Waals surface area contributed by atoms with Gasteiger partial charge in [0.2, 0.25) is 5.91 Å². The number of phenols is 1. The van der Waals surface area contributed by atoms with Gasteiger partial charge in [-0.3, -0.25) is 9.69 Å². The standard InChI is InChI=1S/C34H38N2O6/c1-18-13-22-14-25-34(38)36-24(29(35(25)4)27(22)30(37)31(18)39-5)15-23-19(2)20(3)32(40-6)33(41-7)28(23)26(36)17-42-16-21-11-9-8-10-12-21/h8-13,15,25-26,29,37H,14,16-17H2,1-7H3/t25-,26-,29-/m0/s1. The number of carbonyl (C=O) groups is 1. The number of methoxy groups -OCH3 is 3. The summed E-state index contributed by atoms with van der Waals surface area (Å²) >= 11 is 0. The number of aromatic hydroxyl groups is 1. The van der Waals surface area contributed by atoms with Crippen molar-refractivity contribution in [1.82, 2.24) is 9.80 Å². The quantitative estimate of drug-likeness (QED) is 0.408. The molecule has 3 heterocycles. The second-order valence-corrected chi connectivity index (χ2v) is 11.4. The lowest BCUT2D eigenvalue weighted by Crippen LogP contribution is -2.60. The normalized spacial score (nSPS) is 20.8. The van der Waals surface area contributed by atoms with Gasteiger partial charge >= 0.3 is 0 Å². The number of likely N-dealkylation sites (N-methyl/N-ethyl adjacent to an activating group) is 1. The molecule has 0 aliphatic carbocycles. The van der Waals surface area contributed by atoms with E-state index in [1.807, 2.05) is 62.2 Å².